The number of benzene rings is 1. The van der Waals surface area contributed by atoms with Crippen LogP contribution in [0.2, 0.25) is 5.02 Å². The Kier molecular flexibility index (Phi) is 2.86. The maximum atomic E-state index is 5.96. The molecule has 0 aliphatic carbocycles. The topological polar surface area (TPSA) is 53.6 Å². The largest absolute Gasteiger partial charge is 0.379 e. The maximum Gasteiger partial charge on any atom is 0.0737 e. The summed E-state index contributed by atoms with van der Waals surface area (Å²) in [5.41, 5.74) is 2.96. The number of rotatable bonds is 3. The first-order chi connectivity index (χ1) is 8.83. The molecular weight excluding hydrogens is 248 g/mol. The van der Waals surface area contributed by atoms with Gasteiger partial charge >= 0.3 is 0 Å². The Bertz CT molecular complexity index is 664. The quantitative estimate of drug-likeness (QED) is 0.758. The Morgan fingerprint density at radius 2 is 2.11 bits per heavy atom. The van der Waals surface area contributed by atoms with E-state index >= 15 is 0 Å². The van der Waals surface area contributed by atoms with E-state index in [4.69, 9.17) is 11.6 Å². The smallest absolute Gasteiger partial charge is 0.0737 e. The number of aromatic nitrogens is 3. The molecule has 90 valence electrons. The molecular formula is C13H11ClN4. The molecule has 2 aromatic heterocycles. The van der Waals surface area contributed by atoms with Crippen LogP contribution in [-0.2, 0) is 6.54 Å². The van der Waals surface area contributed by atoms with Gasteiger partial charge in [-0.25, -0.2) is 0 Å². The van der Waals surface area contributed by atoms with E-state index in [-0.39, 0.29) is 0 Å². The van der Waals surface area contributed by atoms with Crippen molar-refractivity contribution < 1.29 is 0 Å². The van der Waals surface area contributed by atoms with Crippen molar-refractivity contribution in [3.05, 3.63) is 53.4 Å². The minimum Gasteiger partial charge on any atom is -0.379 e. The summed E-state index contributed by atoms with van der Waals surface area (Å²) in [7, 11) is 0. The summed E-state index contributed by atoms with van der Waals surface area (Å²) in [4.78, 5) is 4.30. The molecule has 2 N–H and O–H groups in total. The highest BCUT2D eigenvalue weighted by molar-refractivity contribution is 6.31. The second kappa shape index (κ2) is 4.66. The molecule has 4 nitrogen and oxygen atoms in total. The van der Waals surface area contributed by atoms with E-state index in [2.05, 4.69) is 20.5 Å². The summed E-state index contributed by atoms with van der Waals surface area (Å²) in [5.74, 6) is 0. The Hall–Kier alpha value is -2.07. The lowest BCUT2D eigenvalue weighted by Crippen LogP contribution is -2.00. The lowest BCUT2D eigenvalue weighted by Gasteiger charge is -2.08. The van der Waals surface area contributed by atoms with Gasteiger partial charge in [0.05, 0.1) is 17.8 Å². The lowest BCUT2D eigenvalue weighted by atomic mass is 10.2. The third-order valence-corrected chi connectivity index (χ3v) is 2.97. The molecule has 0 bridgehead atoms. The summed E-state index contributed by atoms with van der Waals surface area (Å²) >= 11 is 5.96. The second-order valence-electron chi connectivity index (χ2n) is 3.96. The van der Waals surface area contributed by atoms with Gasteiger partial charge in [0.2, 0.25) is 0 Å². The lowest BCUT2D eigenvalue weighted by molar-refractivity contribution is 0.982. The normalized spacial score (nSPS) is 10.7. The van der Waals surface area contributed by atoms with Gasteiger partial charge in [0.15, 0.2) is 0 Å². The van der Waals surface area contributed by atoms with Crippen molar-refractivity contribution in [3.8, 4) is 0 Å². The van der Waals surface area contributed by atoms with Crippen molar-refractivity contribution >= 4 is 28.2 Å². The van der Waals surface area contributed by atoms with Crippen LogP contribution >= 0.6 is 11.6 Å². The predicted octanol–water partition coefficient (Wildman–Crippen LogP) is 3.22. The fourth-order valence-electron chi connectivity index (χ4n) is 1.85. The molecule has 3 aromatic rings. The highest BCUT2D eigenvalue weighted by Gasteiger charge is 2.02. The molecule has 0 spiro atoms. The molecule has 0 atom stereocenters. The Morgan fingerprint density at radius 1 is 1.17 bits per heavy atom. The molecule has 2 heterocycles. The number of fused-ring (bicyclic) bond motifs is 1. The second-order valence-corrected chi connectivity index (χ2v) is 4.39. The summed E-state index contributed by atoms with van der Waals surface area (Å²) in [6.45, 7) is 0.696. The van der Waals surface area contributed by atoms with Gasteiger partial charge in [0, 0.05) is 28.5 Å². The summed E-state index contributed by atoms with van der Waals surface area (Å²) < 4.78 is 0. The zero-order chi connectivity index (χ0) is 12.4. The fourth-order valence-corrected chi connectivity index (χ4v) is 2.02. The molecule has 0 saturated heterocycles. The number of H-pyrrole nitrogens is 1. The Balaban J connectivity index is 1.92. The fraction of sp³-hybridized carbons (Fsp3) is 0.0769. The van der Waals surface area contributed by atoms with Crippen molar-refractivity contribution in [1.82, 2.24) is 15.2 Å². The van der Waals surface area contributed by atoms with Gasteiger partial charge in [0.1, 0.15) is 0 Å². The number of hydrogen-bond acceptors (Lipinski definition) is 3. The van der Waals surface area contributed by atoms with E-state index in [0.717, 1.165) is 22.3 Å². The van der Waals surface area contributed by atoms with Gasteiger partial charge in [-0.05, 0) is 30.3 Å². The molecule has 0 saturated carbocycles. The third kappa shape index (κ3) is 2.15. The number of nitrogens with zero attached hydrogens (tertiary/aromatic N) is 2. The number of hydrogen-bond donors (Lipinski definition) is 2. The SMILES string of the molecule is Clc1ccc2c(NCc3ccn[nH]3)ccnc2c1. The van der Waals surface area contributed by atoms with Gasteiger partial charge in [-0.3, -0.25) is 10.1 Å². The summed E-state index contributed by atoms with van der Waals surface area (Å²) in [5, 5.41) is 11.9. The van der Waals surface area contributed by atoms with Crippen LogP contribution in [0.1, 0.15) is 5.69 Å². The number of nitrogens with one attached hydrogen (secondary N) is 2. The first-order valence-electron chi connectivity index (χ1n) is 5.59. The van der Waals surface area contributed by atoms with Crippen LogP contribution in [0, 0.1) is 0 Å². The monoisotopic (exact) mass is 258 g/mol. The van der Waals surface area contributed by atoms with Crippen molar-refractivity contribution in [3.63, 3.8) is 0 Å². The van der Waals surface area contributed by atoms with Gasteiger partial charge in [-0.15, -0.1) is 0 Å². The van der Waals surface area contributed by atoms with E-state index in [1.807, 2.05) is 30.3 Å². The van der Waals surface area contributed by atoms with Gasteiger partial charge in [0.25, 0.3) is 0 Å². The third-order valence-electron chi connectivity index (χ3n) is 2.73. The highest BCUT2D eigenvalue weighted by atomic mass is 35.5. The molecule has 5 heteroatoms. The van der Waals surface area contributed by atoms with Crippen molar-refractivity contribution in [2.24, 2.45) is 0 Å². The van der Waals surface area contributed by atoms with E-state index in [1.54, 1.807) is 12.4 Å². The van der Waals surface area contributed by atoms with E-state index in [1.165, 1.54) is 0 Å². The first-order valence-corrected chi connectivity index (χ1v) is 5.97. The minimum atomic E-state index is 0.695. The molecule has 0 unspecified atom stereocenters. The molecule has 3 rings (SSSR count). The van der Waals surface area contributed by atoms with Crippen LogP contribution in [-0.4, -0.2) is 15.2 Å². The highest BCUT2D eigenvalue weighted by Crippen LogP contribution is 2.24. The molecule has 0 radical (unpaired) electrons. The van der Waals surface area contributed by atoms with Crippen molar-refractivity contribution in [1.29, 1.82) is 0 Å². The zero-order valence-electron chi connectivity index (χ0n) is 9.52. The number of anilines is 1. The standard InChI is InChI=1S/C13H11ClN4/c14-9-1-2-11-12(4-5-15-13(11)7-9)16-8-10-3-6-17-18-10/h1-7H,8H2,(H,15,16)(H,17,18). The zero-order valence-corrected chi connectivity index (χ0v) is 10.3. The van der Waals surface area contributed by atoms with Gasteiger partial charge in [-0.1, -0.05) is 11.6 Å². The van der Waals surface area contributed by atoms with E-state index < -0.39 is 0 Å². The summed E-state index contributed by atoms with van der Waals surface area (Å²) in [6, 6.07) is 9.59. The van der Waals surface area contributed by atoms with Crippen LogP contribution in [0.4, 0.5) is 5.69 Å². The van der Waals surface area contributed by atoms with Gasteiger partial charge < -0.3 is 5.32 Å². The minimum absolute atomic E-state index is 0.695. The number of aromatic amines is 1. The number of halogens is 1. The molecule has 0 amide bonds. The summed E-state index contributed by atoms with van der Waals surface area (Å²) in [6.07, 6.45) is 3.51. The van der Waals surface area contributed by atoms with Crippen LogP contribution in [0.25, 0.3) is 10.9 Å². The Morgan fingerprint density at radius 3 is 2.94 bits per heavy atom. The average Bonchev–Trinajstić information content (AvgIpc) is 2.89. The van der Waals surface area contributed by atoms with E-state index in [9.17, 15) is 0 Å². The predicted molar refractivity (Wildman–Crippen MR) is 72.7 cm³/mol. The molecule has 0 aliphatic rings. The van der Waals surface area contributed by atoms with Crippen LogP contribution < -0.4 is 5.32 Å². The average molecular weight is 259 g/mol. The molecule has 18 heavy (non-hydrogen) atoms. The molecule has 0 aliphatic heterocycles. The maximum absolute atomic E-state index is 5.96. The van der Waals surface area contributed by atoms with Crippen LogP contribution in [0.5, 0.6) is 0 Å². The van der Waals surface area contributed by atoms with E-state index in [0.29, 0.717) is 11.6 Å². The first kappa shape index (κ1) is 11.0. The van der Waals surface area contributed by atoms with Crippen molar-refractivity contribution in [2.75, 3.05) is 5.32 Å². The van der Waals surface area contributed by atoms with Crippen LogP contribution in [0.3, 0.4) is 0 Å². The number of pyridine rings is 1. The Labute approximate surface area is 109 Å². The molecule has 0 fully saturated rings. The molecule has 1 aromatic carbocycles. The van der Waals surface area contributed by atoms with Gasteiger partial charge in [-0.2, -0.15) is 5.10 Å². The van der Waals surface area contributed by atoms with Crippen LogP contribution in [0.15, 0.2) is 42.7 Å². The van der Waals surface area contributed by atoms with Crippen molar-refractivity contribution in [2.45, 2.75) is 6.54 Å².